The molecule has 1 fully saturated rings. The van der Waals surface area contributed by atoms with Crippen LogP contribution in [0.2, 0.25) is 5.02 Å². The van der Waals surface area contributed by atoms with Gasteiger partial charge in [0.1, 0.15) is 5.82 Å². The molecule has 0 aliphatic heterocycles. The van der Waals surface area contributed by atoms with E-state index in [1.807, 2.05) is 12.1 Å². The molecule has 1 aliphatic carbocycles. The highest BCUT2D eigenvalue weighted by molar-refractivity contribution is 6.30. The van der Waals surface area contributed by atoms with Crippen molar-refractivity contribution in [2.24, 2.45) is 11.8 Å². The van der Waals surface area contributed by atoms with Gasteiger partial charge < -0.3 is 5.32 Å². The van der Waals surface area contributed by atoms with Gasteiger partial charge in [0.25, 0.3) is 0 Å². The summed E-state index contributed by atoms with van der Waals surface area (Å²) in [6.45, 7) is 6.39. The van der Waals surface area contributed by atoms with E-state index in [4.69, 9.17) is 11.6 Å². The van der Waals surface area contributed by atoms with Crippen LogP contribution < -0.4 is 5.32 Å². The Morgan fingerprint density at radius 3 is 2.94 bits per heavy atom. The molecule has 1 aromatic carbocycles. The van der Waals surface area contributed by atoms with Crippen molar-refractivity contribution in [1.82, 2.24) is 5.32 Å². The largest absolute Gasteiger partial charge is 0.316 e. The van der Waals surface area contributed by atoms with Gasteiger partial charge in [-0.1, -0.05) is 37.6 Å². The van der Waals surface area contributed by atoms with E-state index in [1.165, 1.54) is 0 Å². The van der Waals surface area contributed by atoms with Crippen molar-refractivity contribution in [2.75, 3.05) is 13.1 Å². The molecule has 1 aliphatic rings. The molecule has 0 saturated heterocycles. The SMILES string of the molecule is CC(C)CNCC1CC1c1cccc(Cl)c1F. The van der Waals surface area contributed by atoms with Gasteiger partial charge in [0.15, 0.2) is 0 Å². The zero-order chi connectivity index (χ0) is 12.4. The molecule has 3 heteroatoms. The van der Waals surface area contributed by atoms with E-state index in [9.17, 15) is 4.39 Å². The maximum absolute atomic E-state index is 13.8. The van der Waals surface area contributed by atoms with Crippen molar-refractivity contribution in [3.8, 4) is 0 Å². The van der Waals surface area contributed by atoms with Crippen LogP contribution >= 0.6 is 11.6 Å². The van der Waals surface area contributed by atoms with Gasteiger partial charge in [0, 0.05) is 0 Å². The summed E-state index contributed by atoms with van der Waals surface area (Å²) in [4.78, 5) is 0. The Hall–Kier alpha value is -0.600. The van der Waals surface area contributed by atoms with E-state index in [1.54, 1.807) is 6.07 Å². The van der Waals surface area contributed by atoms with Crippen LogP contribution in [0.15, 0.2) is 18.2 Å². The number of hydrogen-bond acceptors (Lipinski definition) is 1. The fourth-order valence-electron chi connectivity index (χ4n) is 2.22. The number of rotatable bonds is 5. The average molecular weight is 256 g/mol. The van der Waals surface area contributed by atoms with Gasteiger partial charge in [-0.05, 0) is 48.9 Å². The van der Waals surface area contributed by atoms with Crippen molar-refractivity contribution in [2.45, 2.75) is 26.2 Å². The summed E-state index contributed by atoms with van der Waals surface area (Å²) >= 11 is 5.79. The summed E-state index contributed by atoms with van der Waals surface area (Å²) in [5.74, 6) is 1.36. The molecule has 1 nitrogen and oxygen atoms in total. The second-order valence-corrected chi connectivity index (χ2v) is 5.70. The highest BCUT2D eigenvalue weighted by Crippen LogP contribution is 2.48. The zero-order valence-electron chi connectivity index (χ0n) is 10.3. The van der Waals surface area contributed by atoms with Gasteiger partial charge >= 0.3 is 0 Å². The lowest BCUT2D eigenvalue weighted by Crippen LogP contribution is -2.22. The van der Waals surface area contributed by atoms with E-state index in [2.05, 4.69) is 19.2 Å². The van der Waals surface area contributed by atoms with Gasteiger partial charge in [-0.3, -0.25) is 0 Å². The van der Waals surface area contributed by atoms with E-state index < -0.39 is 0 Å². The van der Waals surface area contributed by atoms with E-state index in [0.29, 0.717) is 17.8 Å². The van der Waals surface area contributed by atoms with Crippen LogP contribution in [-0.2, 0) is 0 Å². The molecule has 0 aromatic heterocycles. The van der Waals surface area contributed by atoms with Gasteiger partial charge in [0.2, 0.25) is 0 Å². The Balaban J connectivity index is 1.88. The Kier molecular flexibility index (Phi) is 4.05. The smallest absolute Gasteiger partial charge is 0.145 e. The lowest BCUT2D eigenvalue weighted by molar-refractivity contribution is 0.530. The first kappa shape index (κ1) is 12.8. The zero-order valence-corrected chi connectivity index (χ0v) is 11.1. The van der Waals surface area contributed by atoms with Crippen LogP contribution in [0.4, 0.5) is 4.39 Å². The van der Waals surface area contributed by atoms with Crippen molar-refractivity contribution < 1.29 is 4.39 Å². The van der Waals surface area contributed by atoms with Crippen LogP contribution in [-0.4, -0.2) is 13.1 Å². The summed E-state index contributed by atoms with van der Waals surface area (Å²) in [5.41, 5.74) is 0.786. The second-order valence-electron chi connectivity index (χ2n) is 5.30. The number of benzene rings is 1. The standard InChI is InChI=1S/C14H19ClFN/c1-9(2)7-17-8-10-6-12(10)11-4-3-5-13(15)14(11)16/h3-5,9-10,12,17H,6-8H2,1-2H3. The second kappa shape index (κ2) is 5.36. The molecule has 17 heavy (non-hydrogen) atoms. The molecular weight excluding hydrogens is 237 g/mol. The molecule has 0 heterocycles. The first-order valence-electron chi connectivity index (χ1n) is 6.24. The Labute approximate surface area is 107 Å². The van der Waals surface area contributed by atoms with Crippen molar-refractivity contribution >= 4 is 11.6 Å². The lowest BCUT2D eigenvalue weighted by atomic mass is 10.1. The lowest BCUT2D eigenvalue weighted by Gasteiger charge is -2.07. The number of hydrogen-bond donors (Lipinski definition) is 1. The Morgan fingerprint density at radius 1 is 1.47 bits per heavy atom. The summed E-state index contributed by atoms with van der Waals surface area (Å²) in [6.07, 6.45) is 1.07. The maximum atomic E-state index is 13.8. The normalized spacial score (nSPS) is 23.1. The first-order valence-corrected chi connectivity index (χ1v) is 6.62. The molecule has 0 radical (unpaired) electrons. The summed E-state index contributed by atoms with van der Waals surface area (Å²) in [7, 11) is 0. The fourth-order valence-corrected chi connectivity index (χ4v) is 2.40. The van der Waals surface area contributed by atoms with Crippen molar-refractivity contribution in [1.29, 1.82) is 0 Å². The topological polar surface area (TPSA) is 12.0 Å². The van der Waals surface area contributed by atoms with E-state index in [0.717, 1.165) is 25.1 Å². The average Bonchev–Trinajstić information content (AvgIpc) is 3.01. The molecule has 1 saturated carbocycles. The van der Waals surface area contributed by atoms with Crippen LogP contribution in [0.3, 0.4) is 0 Å². The third-order valence-corrected chi connectivity index (χ3v) is 3.55. The van der Waals surface area contributed by atoms with E-state index >= 15 is 0 Å². The monoisotopic (exact) mass is 255 g/mol. The molecule has 0 spiro atoms. The highest BCUT2D eigenvalue weighted by Gasteiger charge is 2.39. The summed E-state index contributed by atoms with van der Waals surface area (Å²) in [6, 6.07) is 5.29. The van der Waals surface area contributed by atoms with Gasteiger partial charge in [-0.2, -0.15) is 0 Å². The molecule has 1 aromatic rings. The van der Waals surface area contributed by atoms with Gasteiger partial charge in [0.05, 0.1) is 5.02 Å². The predicted molar refractivity (Wildman–Crippen MR) is 70.0 cm³/mol. The van der Waals surface area contributed by atoms with Crippen LogP contribution in [0.1, 0.15) is 31.7 Å². The van der Waals surface area contributed by atoms with Gasteiger partial charge in [-0.25, -0.2) is 4.39 Å². The first-order chi connectivity index (χ1) is 8.09. The third-order valence-electron chi connectivity index (χ3n) is 3.26. The molecule has 2 unspecified atom stereocenters. The van der Waals surface area contributed by atoms with E-state index in [-0.39, 0.29) is 10.8 Å². The molecule has 0 bridgehead atoms. The van der Waals surface area contributed by atoms with Crippen LogP contribution in [0.25, 0.3) is 0 Å². The summed E-state index contributed by atoms with van der Waals surface area (Å²) in [5, 5.41) is 3.66. The minimum absolute atomic E-state index is 0.231. The van der Waals surface area contributed by atoms with Gasteiger partial charge in [-0.15, -0.1) is 0 Å². The molecule has 94 valence electrons. The third kappa shape index (κ3) is 3.20. The van der Waals surface area contributed by atoms with Crippen LogP contribution in [0, 0.1) is 17.7 Å². The molecule has 2 atom stereocenters. The number of halogens is 2. The predicted octanol–water partition coefficient (Wildman–Crippen LogP) is 3.83. The Bertz CT molecular complexity index is 392. The van der Waals surface area contributed by atoms with Crippen LogP contribution in [0.5, 0.6) is 0 Å². The van der Waals surface area contributed by atoms with Crippen molar-refractivity contribution in [3.63, 3.8) is 0 Å². The molecule has 2 rings (SSSR count). The fraction of sp³-hybridized carbons (Fsp3) is 0.571. The highest BCUT2D eigenvalue weighted by atomic mass is 35.5. The minimum atomic E-state index is -0.231. The Morgan fingerprint density at radius 2 is 2.24 bits per heavy atom. The maximum Gasteiger partial charge on any atom is 0.145 e. The molecule has 1 N–H and O–H groups in total. The quantitative estimate of drug-likeness (QED) is 0.843. The minimum Gasteiger partial charge on any atom is -0.316 e. The number of nitrogens with one attached hydrogen (secondary N) is 1. The molecule has 0 amide bonds. The van der Waals surface area contributed by atoms with Crippen molar-refractivity contribution in [3.05, 3.63) is 34.6 Å². The summed E-state index contributed by atoms with van der Waals surface area (Å²) < 4.78 is 13.8. The molecular formula is C14H19ClFN.